The summed E-state index contributed by atoms with van der Waals surface area (Å²) in [5, 5.41) is 29.2. The maximum atomic E-state index is 11.5. The number of phenols is 1. The zero-order valence-electron chi connectivity index (χ0n) is 8.55. The molecule has 88 valence electrons. The van der Waals surface area contributed by atoms with Crippen molar-refractivity contribution in [2.45, 2.75) is 6.10 Å². The number of carbonyl (C=O) groups excluding carboxylic acids is 1. The van der Waals surface area contributed by atoms with Gasteiger partial charge in [0.25, 0.3) is 5.91 Å². The Hall–Kier alpha value is -1.79. The maximum absolute atomic E-state index is 11.5. The minimum absolute atomic E-state index is 0.0551. The van der Waals surface area contributed by atoms with Gasteiger partial charge in [0.05, 0.1) is 18.4 Å². The molecule has 1 rings (SSSR count). The van der Waals surface area contributed by atoms with Crippen LogP contribution < -0.4 is 11.1 Å². The molecule has 0 saturated heterocycles. The van der Waals surface area contributed by atoms with Crippen molar-refractivity contribution < 1.29 is 20.1 Å². The molecule has 6 heteroatoms. The molecule has 0 fully saturated rings. The third-order valence-electron chi connectivity index (χ3n) is 2.00. The minimum Gasteiger partial charge on any atom is -0.506 e. The van der Waals surface area contributed by atoms with E-state index in [1.165, 1.54) is 18.2 Å². The lowest BCUT2D eigenvalue weighted by molar-refractivity contribution is 0.0802. The van der Waals surface area contributed by atoms with Crippen LogP contribution in [0.3, 0.4) is 0 Å². The summed E-state index contributed by atoms with van der Waals surface area (Å²) in [4.78, 5) is 11.5. The van der Waals surface area contributed by atoms with Crippen LogP contribution >= 0.6 is 0 Å². The average molecular weight is 226 g/mol. The summed E-state index contributed by atoms with van der Waals surface area (Å²) in [6.45, 7) is -0.478. The van der Waals surface area contributed by atoms with E-state index in [0.717, 1.165) is 0 Å². The van der Waals surface area contributed by atoms with Gasteiger partial charge in [0.15, 0.2) is 0 Å². The lowest BCUT2D eigenvalue weighted by Gasteiger charge is -2.09. The van der Waals surface area contributed by atoms with Crippen molar-refractivity contribution in [2.24, 2.45) is 0 Å². The molecular formula is C10H14N2O4. The Morgan fingerprint density at radius 3 is 2.75 bits per heavy atom. The highest BCUT2D eigenvalue weighted by molar-refractivity contribution is 5.95. The van der Waals surface area contributed by atoms with Gasteiger partial charge in [-0.05, 0) is 18.2 Å². The van der Waals surface area contributed by atoms with E-state index in [0.29, 0.717) is 0 Å². The smallest absolute Gasteiger partial charge is 0.251 e. The molecule has 0 heterocycles. The monoisotopic (exact) mass is 226 g/mol. The van der Waals surface area contributed by atoms with Crippen LogP contribution in [0.15, 0.2) is 18.2 Å². The SMILES string of the molecule is Nc1ccc(C(=O)NCC(O)CO)cc1O. The number of rotatable bonds is 4. The second-order valence-electron chi connectivity index (χ2n) is 3.32. The first-order valence-corrected chi connectivity index (χ1v) is 4.70. The summed E-state index contributed by atoms with van der Waals surface area (Å²) in [6, 6.07) is 4.10. The van der Waals surface area contributed by atoms with E-state index in [2.05, 4.69) is 5.32 Å². The van der Waals surface area contributed by atoms with Crippen molar-refractivity contribution in [1.29, 1.82) is 0 Å². The van der Waals surface area contributed by atoms with Crippen LogP contribution in [0.1, 0.15) is 10.4 Å². The van der Waals surface area contributed by atoms with Crippen LogP contribution in [0.4, 0.5) is 5.69 Å². The summed E-state index contributed by atoms with van der Waals surface area (Å²) in [5.74, 6) is -0.627. The quantitative estimate of drug-likeness (QED) is 0.335. The number of nitrogens with two attached hydrogens (primary N) is 1. The van der Waals surface area contributed by atoms with Gasteiger partial charge in [0.1, 0.15) is 5.75 Å². The van der Waals surface area contributed by atoms with Gasteiger partial charge in [0.2, 0.25) is 0 Å². The number of aliphatic hydroxyl groups is 2. The van der Waals surface area contributed by atoms with E-state index in [-0.39, 0.29) is 23.5 Å². The summed E-state index contributed by atoms with van der Waals surface area (Å²) >= 11 is 0. The average Bonchev–Trinajstić information content (AvgIpc) is 2.29. The van der Waals surface area contributed by atoms with Crippen molar-refractivity contribution in [3.8, 4) is 5.75 Å². The number of hydrogen-bond acceptors (Lipinski definition) is 5. The predicted octanol–water partition coefficient (Wildman–Crippen LogP) is -0.943. The van der Waals surface area contributed by atoms with Crippen LogP contribution in [0.2, 0.25) is 0 Å². The topological polar surface area (TPSA) is 116 Å². The zero-order chi connectivity index (χ0) is 12.1. The number of amides is 1. The highest BCUT2D eigenvalue weighted by Crippen LogP contribution is 2.20. The lowest BCUT2D eigenvalue weighted by atomic mass is 10.2. The number of nitrogen functional groups attached to an aromatic ring is 1. The molecule has 1 aromatic carbocycles. The van der Waals surface area contributed by atoms with E-state index in [4.69, 9.17) is 15.9 Å². The van der Waals surface area contributed by atoms with Gasteiger partial charge in [-0.15, -0.1) is 0 Å². The Kier molecular flexibility index (Phi) is 4.10. The third-order valence-corrected chi connectivity index (χ3v) is 2.00. The molecule has 6 N–H and O–H groups in total. The number of carbonyl (C=O) groups is 1. The van der Waals surface area contributed by atoms with Gasteiger partial charge >= 0.3 is 0 Å². The molecule has 1 amide bonds. The first-order chi connectivity index (χ1) is 7.54. The van der Waals surface area contributed by atoms with E-state index < -0.39 is 18.6 Å². The van der Waals surface area contributed by atoms with Crippen molar-refractivity contribution in [2.75, 3.05) is 18.9 Å². The van der Waals surface area contributed by atoms with Crippen molar-refractivity contribution in [3.05, 3.63) is 23.8 Å². The van der Waals surface area contributed by atoms with Crippen molar-refractivity contribution >= 4 is 11.6 Å². The fourth-order valence-electron chi connectivity index (χ4n) is 1.06. The number of aliphatic hydroxyl groups excluding tert-OH is 2. The highest BCUT2D eigenvalue weighted by atomic mass is 16.3. The molecule has 0 aromatic heterocycles. The molecule has 1 atom stereocenters. The normalized spacial score (nSPS) is 12.1. The lowest BCUT2D eigenvalue weighted by Crippen LogP contribution is -2.33. The zero-order valence-corrected chi connectivity index (χ0v) is 8.55. The summed E-state index contributed by atoms with van der Waals surface area (Å²) in [7, 11) is 0. The van der Waals surface area contributed by atoms with Crippen LogP contribution in [0, 0.1) is 0 Å². The first kappa shape index (κ1) is 12.3. The van der Waals surface area contributed by atoms with Gasteiger partial charge in [-0.1, -0.05) is 0 Å². The number of nitrogens with one attached hydrogen (secondary N) is 1. The molecule has 0 aliphatic carbocycles. The van der Waals surface area contributed by atoms with E-state index >= 15 is 0 Å². The molecule has 0 spiro atoms. The standard InChI is InChI=1S/C10H14N2O4/c11-8-2-1-6(3-9(8)15)10(16)12-4-7(14)5-13/h1-3,7,13-15H,4-5,11H2,(H,12,16). The molecule has 0 bridgehead atoms. The van der Waals surface area contributed by atoms with Crippen molar-refractivity contribution in [1.82, 2.24) is 5.32 Å². The molecule has 0 aliphatic heterocycles. The minimum atomic E-state index is -0.994. The second kappa shape index (κ2) is 5.34. The largest absolute Gasteiger partial charge is 0.506 e. The van der Waals surface area contributed by atoms with Gasteiger partial charge in [-0.2, -0.15) is 0 Å². The van der Waals surface area contributed by atoms with E-state index in [9.17, 15) is 9.90 Å². The molecular weight excluding hydrogens is 212 g/mol. The Morgan fingerprint density at radius 2 is 2.19 bits per heavy atom. The summed E-state index contributed by atoms with van der Waals surface area (Å²) in [6.07, 6.45) is -0.994. The molecule has 16 heavy (non-hydrogen) atoms. The number of aromatic hydroxyl groups is 1. The number of hydrogen-bond donors (Lipinski definition) is 5. The molecule has 1 aromatic rings. The van der Waals surface area contributed by atoms with Crippen LogP contribution in [-0.2, 0) is 0 Å². The Balaban J connectivity index is 2.63. The fourth-order valence-corrected chi connectivity index (χ4v) is 1.06. The fraction of sp³-hybridized carbons (Fsp3) is 0.300. The van der Waals surface area contributed by atoms with Gasteiger partial charge < -0.3 is 26.4 Å². The van der Waals surface area contributed by atoms with Crippen LogP contribution in [0.5, 0.6) is 5.75 Å². The third kappa shape index (κ3) is 3.11. The molecule has 0 radical (unpaired) electrons. The molecule has 6 nitrogen and oxygen atoms in total. The number of anilines is 1. The Labute approximate surface area is 92.3 Å². The molecule has 0 saturated carbocycles. The van der Waals surface area contributed by atoms with Gasteiger partial charge in [-0.3, -0.25) is 4.79 Å². The molecule has 1 unspecified atom stereocenters. The number of phenolic OH excluding ortho intramolecular Hbond substituents is 1. The van der Waals surface area contributed by atoms with E-state index in [1.807, 2.05) is 0 Å². The number of benzene rings is 1. The summed E-state index contributed by atoms with van der Waals surface area (Å²) < 4.78 is 0. The van der Waals surface area contributed by atoms with Crippen molar-refractivity contribution in [3.63, 3.8) is 0 Å². The van der Waals surface area contributed by atoms with Crippen LogP contribution in [0.25, 0.3) is 0 Å². The van der Waals surface area contributed by atoms with Gasteiger partial charge in [-0.25, -0.2) is 0 Å². The highest BCUT2D eigenvalue weighted by Gasteiger charge is 2.09. The summed E-state index contributed by atoms with van der Waals surface area (Å²) in [5.41, 5.74) is 5.80. The Morgan fingerprint density at radius 1 is 1.50 bits per heavy atom. The van der Waals surface area contributed by atoms with E-state index in [1.54, 1.807) is 0 Å². The predicted molar refractivity (Wildman–Crippen MR) is 57.9 cm³/mol. The second-order valence-corrected chi connectivity index (χ2v) is 3.32. The van der Waals surface area contributed by atoms with Crippen LogP contribution in [-0.4, -0.2) is 40.5 Å². The first-order valence-electron chi connectivity index (χ1n) is 4.70. The Bertz CT molecular complexity index is 381. The molecule has 0 aliphatic rings. The maximum Gasteiger partial charge on any atom is 0.251 e. The van der Waals surface area contributed by atoms with Gasteiger partial charge in [0, 0.05) is 12.1 Å².